The van der Waals surface area contributed by atoms with Crippen LogP contribution in [0.15, 0.2) is 29.2 Å². The third-order valence-electron chi connectivity index (χ3n) is 5.50. The predicted octanol–water partition coefficient (Wildman–Crippen LogP) is 1.95. The molecule has 0 saturated carbocycles. The number of hydrogen-bond donors (Lipinski definition) is 0. The molecule has 0 aliphatic carbocycles. The maximum absolute atomic E-state index is 12.7. The Morgan fingerprint density at radius 1 is 1.00 bits per heavy atom. The molecule has 2 fully saturated rings. The average molecular weight is 396 g/mol. The quantitative estimate of drug-likeness (QED) is 0.725. The second kappa shape index (κ2) is 6.85. The Hall–Kier alpha value is -0.925. The molecule has 1 aromatic carbocycles. The van der Waals surface area contributed by atoms with Crippen LogP contribution in [0.2, 0.25) is 0 Å². The monoisotopic (exact) mass is 396 g/mol. The first-order chi connectivity index (χ1) is 12.3. The van der Waals surface area contributed by atoms with E-state index in [0.717, 1.165) is 5.46 Å². The van der Waals surface area contributed by atoms with Crippen LogP contribution in [0.5, 0.6) is 0 Å². The van der Waals surface area contributed by atoms with Gasteiger partial charge in [-0.2, -0.15) is 0 Å². The van der Waals surface area contributed by atoms with Crippen LogP contribution in [-0.2, 0) is 28.6 Å². The Morgan fingerprint density at radius 2 is 1.56 bits per heavy atom. The lowest BCUT2D eigenvalue weighted by Gasteiger charge is -2.34. The summed E-state index contributed by atoms with van der Waals surface area (Å²) in [5, 5.41) is 0. The number of ether oxygens (including phenoxy) is 2. The van der Waals surface area contributed by atoms with Crippen molar-refractivity contribution >= 4 is 22.4 Å². The van der Waals surface area contributed by atoms with Crippen LogP contribution in [-0.4, -0.2) is 57.4 Å². The van der Waals surface area contributed by atoms with Gasteiger partial charge in [0, 0.05) is 0 Å². The van der Waals surface area contributed by atoms with E-state index in [1.807, 2.05) is 41.5 Å². The summed E-state index contributed by atoms with van der Waals surface area (Å²) in [7, 11) is -3.98. The highest BCUT2D eigenvalue weighted by atomic mass is 32.2. The van der Waals surface area contributed by atoms with Crippen LogP contribution in [0.3, 0.4) is 0 Å². The van der Waals surface area contributed by atoms with E-state index in [0.29, 0.717) is 6.61 Å². The Kier molecular flexibility index (Phi) is 5.27. The van der Waals surface area contributed by atoms with Crippen molar-refractivity contribution in [2.45, 2.75) is 69.3 Å². The van der Waals surface area contributed by atoms with Crippen molar-refractivity contribution < 1.29 is 27.2 Å². The van der Waals surface area contributed by atoms with Gasteiger partial charge in [0.15, 0.2) is 9.84 Å². The van der Waals surface area contributed by atoms with Crippen LogP contribution in [0.1, 0.15) is 41.5 Å². The molecule has 0 spiro atoms. The molecule has 0 bridgehead atoms. The molecule has 2 heterocycles. The first-order valence-electron chi connectivity index (χ1n) is 9.25. The molecule has 6 nitrogen and oxygen atoms in total. The van der Waals surface area contributed by atoms with Crippen molar-refractivity contribution in [1.29, 1.82) is 0 Å². The largest absolute Gasteiger partial charge is 0.494 e. The van der Waals surface area contributed by atoms with E-state index < -0.39 is 34.3 Å². The van der Waals surface area contributed by atoms with Crippen molar-refractivity contribution in [2.75, 3.05) is 19.0 Å². The summed E-state index contributed by atoms with van der Waals surface area (Å²) in [6, 6.07) is 6.69. The van der Waals surface area contributed by atoms with Gasteiger partial charge in [0.05, 0.1) is 46.8 Å². The molecule has 0 N–H and O–H groups in total. The maximum Gasteiger partial charge on any atom is 0.494 e. The van der Waals surface area contributed by atoms with Crippen LogP contribution >= 0.6 is 0 Å². The summed E-state index contributed by atoms with van der Waals surface area (Å²) in [5.74, 6) is -0.0983. The zero-order chi connectivity index (χ0) is 20.1. The fourth-order valence-electron chi connectivity index (χ4n) is 2.98. The number of hydrogen-bond acceptors (Lipinski definition) is 6. The zero-order valence-corrected chi connectivity index (χ0v) is 17.8. The lowest BCUT2D eigenvalue weighted by molar-refractivity contribution is -0.167. The number of sulfone groups is 1. The van der Waals surface area contributed by atoms with Gasteiger partial charge in [0.1, 0.15) is 0 Å². The molecule has 0 aromatic heterocycles. The van der Waals surface area contributed by atoms with Gasteiger partial charge in [0.25, 0.3) is 0 Å². The summed E-state index contributed by atoms with van der Waals surface area (Å²) in [6.07, 6.45) is -0.453. The third-order valence-corrected chi connectivity index (χ3v) is 7.30. The van der Waals surface area contributed by atoms with Crippen molar-refractivity contribution in [3.8, 4) is 0 Å². The first kappa shape index (κ1) is 20.8. The van der Waals surface area contributed by atoms with Crippen molar-refractivity contribution in [1.82, 2.24) is 0 Å². The third kappa shape index (κ3) is 4.40. The minimum atomic E-state index is -3.47. The van der Waals surface area contributed by atoms with Crippen molar-refractivity contribution in [3.63, 3.8) is 0 Å². The van der Waals surface area contributed by atoms with Gasteiger partial charge < -0.3 is 18.8 Å². The van der Waals surface area contributed by atoms with Gasteiger partial charge in [-0.15, -0.1) is 0 Å². The Bertz CT molecular complexity index is 759. The van der Waals surface area contributed by atoms with E-state index >= 15 is 0 Å². The van der Waals surface area contributed by atoms with Gasteiger partial charge in [-0.25, -0.2) is 8.42 Å². The number of benzene rings is 1. The SMILES string of the molecule is CC1(C)COC(CS(=O)(=O)c2ccc(B3OC(C)(C)C(C)(C)O3)cc2)CO1. The smallest absolute Gasteiger partial charge is 0.399 e. The van der Waals surface area contributed by atoms with E-state index in [2.05, 4.69) is 0 Å². The van der Waals surface area contributed by atoms with E-state index in [1.54, 1.807) is 24.3 Å². The topological polar surface area (TPSA) is 71.1 Å². The summed E-state index contributed by atoms with van der Waals surface area (Å²) in [4.78, 5) is 0.260. The van der Waals surface area contributed by atoms with Gasteiger partial charge in [-0.1, -0.05) is 12.1 Å². The molecule has 1 unspecified atom stereocenters. The van der Waals surface area contributed by atoms with Gasteiger partial charge in [-0.3, -0.25) is 0 Å². The first-order valence-corrected chi connectivity index (χ1v) is 10.9. The fraction of sp³-hybridized carbons (Fsp3) is 0.684. The van der Waals surface area contributed by atoms with E-state index in [9.17, 15) is 8.42 Å². The molecule has 2 aliphatic rings. The second-order valence-corrected chi connectivity index (χ2v) is 11.0. The summed E-state index contributed by atoms with van der Waals surface area (Å²) in [6.45, 7) is 12.4. The summed E-state index contributed by atoms with van der Waals surface area (Å²) >= 11 is 0. The van der Waals surface area contributed by atoms with Gasteiger partial charge >= 0.3 is 7.12 Å². The van der Waals surface area contributed by atoms with Gasteiger partial charge in [-0.05, 0) is 59.1 Å². The maximum atomic E-state index is 12.7. The molecule has 0 radical (unpaired) electrons. The molecule has 1 aromatic rings. The molecule has 2 aliphatic heterocycles. The molecule has 1 atom stereocenters. The summed E-state index contributed by atoms with van der Waals surface area (Å²) < 4.78 is 48.7. The van der Waals surface area contributed by atoms with Crippen molar-refractivity contribution in [3.05, 3.63) is 24.3 Å². The van der Waals surface area contributed by atoms with Crippen LogP contribution in [0.4, 0.5) is 0 Å². The minimum absolute atomic E-state index is 0.0983. The van der Waals surface area contributed by atoms with E-state index in [1.165, 1.54) is 0 Å². The summed E-state index contributed by atoms with van der Waals surface area (Å²) in [5.41, 5.74) is -0.445. The molecule has 0 amide bonds. The van der Waals surface area contributed by atoms with Crippen LogP contribution < -0.4 is 5.46 Å². The highest BCUT2D eigenvalue weighted by molar-refractivity contribution is 7.91. The lowest BCUT2D eigenvalue weighted by Crippen LogP contribution is -2.44. The second-order valence-electron chi connectivity index (χ2n) is 8.94. The van der Waals surface area contributed by atoms with E-state index in [4.69, 9.17) is 18.8 Å². The predicted molar refractivity (Wildman–Crippen MR) is 104 cm³/mol. The Balaban J connectivity index is 1.68. The minimum Gasteiger partial charge on any atom is -0.399 e. The Labute approximate surface area is 162 Å². The number of rotatable bonds is 4. The standard InChI is InChI=1S/C19H29BO6S/c1-17(2)13-23-15(11-24-17)12-27(21,22)16-9-7-14(8-10-16)20-25-18(3,4)19(5,6)26-20/h7-10,15H,11-13H2,1-6H3. The molecule has 8 heteroatoms. The van der Waals surface area contributed by atoms with Gasteiger partial charge in [0.2, 0.25) is 0 Å². The molecular formula is C19H29BO6S. The molecular weight excluding hydrogens is 367 g/mol. The van der Waals surface area contributed by atoms with E-state index in [-0.39, 0.29) is 22.9 Å². The average Bonchev–Trinajstić information content (AvgIpc) is 2.78. The van der Waals surface area contributed by atoms with Crippen LogP contribution in [0.25, 0.3) is 0 Å². The normalized spacial score (nSPS) is 26.9. The van der Waals surface area contributed by atoms with Crippen LogP contribution in [0, 0.1) is 0 Å². The zero-order valence-electron chi connectivity index (χ0n) is 16.9. The molecule has 150 valence electrons. The van der Waals surface area contributed by atoms with Crippen molar-refractivity contribution in [2.24, 2.45) is 0 Å². The Morgan fingerprint density at radius 3 is 2.04 bits per heavy atom. The molecule has 27 heavy (non-hydrogen) atoms. The lowest BCUT2D eigenvalue weighted by atomic mass is 9.79. The highest BCUT2D eigenvalue weighted by Gasteiger charge is 2.51. The highest BCUT2D eigenvalue weighted by Crippen LogP contribution is 2.36. The fourth-order valence-corrected chi connectivity index (χ4v) is 4.40. The molecule has 2 saturated heterocycles. The molecule has 3 rings (SSSR count).